The molecule has 5 heteroatoms. The maximum atomic E-state index is 13.2. The number of aliphatic imine (C=N–C) groups is 1. The molecule has 1 amide bonds. The lowest BCUT2D eigenvalue weighted by Crippen LogP contribution is -2.21. The maximum absolute atomic E-state index is 13.2. The molecule has 2 aromatic rings. The van der Waals surface area contributed by atoms with Crippen molar-refractivity contribution in [2.24, 2.45) is 16.6 Å². The van der Waals surface area contributed by atoms with Gasteiger partial charge in [0, 0.05) is 34.7 Å². The van der Waals surface area contributed by atoms with Crippen molar-refractivity contribution in [2.75, 3.05) is 5.32 Å². The summed E-state index contributed by atoms with van der Waals surface area (Å²) in [5, 5.41) is 3.02. The molecule has 4 rings (SSSR count). The number of amidine groups is 1. The third kappa shape index (κ3) is 5.46. The number of hydrogen-bond donors (Lipinski definition) is 2. The van der Waals surface area contributed by atoms with E-state index >= 15 is 0 Å². The van der Waals surface area contributed by atoms with Crippen LogP contribution in [0.5, 0.6) is 0 Å². The van der Waals surface area contributed by atoms with Crippen molar-refractivity contribution in [1.29, 1.82) is 0 Å². The Hall–Kier alpha value is -3.21. The van der Waals surface area contributed by atoms with Crippen LogP contribution in [0.25, 0.3) is 6.08 Å². The van der Waals surface area contributed by atoms with Gasteiger partial charge in [0.15, 0.2) is 5.78 Å². The van der Waals surface area contributed by atoms with Gasteiger partial charge < -0.3 is 11.1 Å². The number of fused-ring (bicyclic) bond motifs is 2. The molecule has 178 valence electrons. The zero-order valence-corrected chi connectivity index (χ0v) is 20.3. The van der Waals surface area contributed by atoms with Crippen LogP contribution in [0.15, 0.2) is 47.0 Å². The normalized spacial score (nSPS) is 15.0. The number of nitrogens with zero attached hydrogens (tertiary/aromatic N) is 1. The summed E-state index contributed by atoms with van der Waals surface area (Å²) in [6, 6.07) is 11.6. The number of hydrogen-bond acceptors (Lipinski definition) is 4. The van der Waals surface area contributed by atoms with Crippen LogP contribution in [0.2, 0.25) is 0 Å². The molecule has 3 N–H and O–H groups in total. The Kier molecular flexibility index (Phi) is 7.61. The van der Waals surface area contributed by atoms with Crippen molar-refractivity contribution in [2.45, 2.75) is 71.6 Å². The number of Topliss-reactive ketones (excluding diaryl/α,β-unsaturated/α-hetero) is 1. The molecule has 5 nitrogen and oxygen atoms in total. The topological polar surface area (TPSA) is 84.5 Å². The van der Waals surface area contributed by atoms with Crippen LogP contribution in [-0.2, 0) is 17.6 Å². The number of carbonyl (C=O) groups is 2. The fourth-order valence-corrected chi connectivity index (χ4v) is 5.07. The van der Waals surface area contributed by atoms with Crippen LogP contribution >= 0.6 is 0 Å². The van der Waals surface area contributed by atoms with Crippen molar-refractivity contribution in [3.8, 4) is 0 Å². The molecular formula is C29H35N3O2. The summed E-state index contributed by atoms with van der Waals surface area (Å²) in [4.78, 5) is 30.7. The van der Waals surface area contributed by atoms with Crippen molar-refractivity contribution in [3.05, 3.63) is 64.2 Å². The zero-order chi connectivity index (χ0) is 24.1. The minimum absolute atomic E-state index is 0.0252. The molecule has 2 aromatic carbocycles. The van der Waals surface area contributed by atoms with Crippen LogP contribution in [-0.4, -0.2) is 17.5 Å². The van der Waals surface area contributed by atoms with Crippen LogP contribution < -0.4 is 11.1 Å². The first-order valence-electron chi connectivity index (χ1n) is 12.6. The predicted molar refractivity (Wildman–Crippen MR) is 140 cm³/mol. The SMILES string of the molecule is CCCC(CCC)C(=O)C1=Cc2ccc(C(=O)Nc3ccc4c(c3)CCCC4)cc2N=C(N)C1. The van der Waals surface area contributed by atoms with Gasteiger partial charge in [-0.25, -0.2) is 4.99 Å². The molecule has 0 atom stereocenters. The Labute approximate surface area is 202 Å². The van der Waals surface area contributed by atoms with Gasteiger partial charge in [0.05, 0.1) is 5.69 Å². The summed E-state index contributed by atoms with van der Waals surface area (Å²) in [7, 11) is 0. The Morgan fingerprint density at radius 1 is 1.00 bits per heavy atom. The van der Waals surface area contributed by atoms with Crippen molar-refractivity contribution in [3.63, 3.8) is 0 Å². The third-order valence-electron chi connectivity index (χ3n) is 6.83. The first-order valence-corrected chi connectivity index (χ1v) is 12.6. The van der Waals surface area contributed by atoms with E-state index in [0.717, 1.165) is 49.8 Å². The average Bonchev–Trinajstić information content (AvgIpc) is 3.00. The molecule has 1 aliphatic carbocycles. The van der Waals surface area contributed by atoms with Gasteiger partial charge in [-0.2, -0.15) is 0 Å². The van der Waals surface area contributed by atoms with E-state index in [1.165, 1.54) is 24.0 Å². The number of benzene rings is 2. The minimum Gasteiger partial charge on any atom is -0.387 e. The number of carbonyl (C=O) groups excluding carboxylic acids is 2. The number of ketones is 1. The first-order chi connectivity index (χ1) is 16.5. The largest absolute Gasteiger partial charge is 0.387 e. The van der Waals surface area contributed by atoms with Crippen molar-refractivity contribution >= 4 is 35.0 Å². The Balaban J connectivity index is 1.56. The molecule has 0 spiro atoms. The van der Waals surface area contributed by atoms with E-state index < -0.39 is 0 Å². The van der Waals surface area contributed by atoms with Crippen LogP contribution in [0, 0.1) is 5.92 Å². The summed E-state index contributed by atoms with van der Waals surface area (Å²) in [5.41, 5.74) is 12.4. The van der Waals surface area contributed by atoms with E-state index in [-0.39, 0.29) is 17.6 Å². The first kappa shape index (κ1) is 23.9. The summed E-state index contributed by atoms with van der Waals surface area (Å²) >= 11 is 0. The molecule has 0 radical (unpaired) electrons. The Bertz CT molecular complexity index is 1140. The second kappa shape index (κ2) is 10.8. The molecule has 0 bridgehead atoms. The average molecular weight is 458 g/mol. The molecule has 2 aliphatic rings. The Morgan fingerprint density at radius 3 is 2.47 bits per heavy atom. The molecule has 0 aromatic heterocycles. The lowest BCUT2D eigenvalue weighted by Gasteiger charge is -2.17. The van der Waals surface area contributed by atoms with Gasteiger partial charge in [0.1, 0.15) is 5.84 Å². The number of rotatable bonds is 8. The number of nitrogens with one attached hydrogen (secondary N) is 1. The van der Waals surface area contributed by atoms with Gasteiger partial charge in [0.25, 0.3) is 5.91 Å². The highest BCUT2D eigenvalue weighted by Crippen LogP contribution is 2.31. The summed E-state index contributed by atoms with van der Waals surface area (Å²) in [6.07, 6.45) is 10.6. The van der Waals surface area contributed by atoms with Gasteiger partial charge in [0.2, 0.25) is 0 Å². The quantitative estimate of drug-likeness (QED) is 0.482. The molecule has 1 aliphatic heterocycles. The lowest BCUT2D eigenvalue weighted by atomic mass is 9.87. The van der Waals surface area contributed by atoms with Crippen LogP contribution in [0.4, 0.5) is 11.4 Å². The number of nitrogens with two attached hydrogens (primary N) is 1. The fraction of sp³-hybridized carbons (Fsp3) is 0.414. The third-order valence-corrected chi connectivity index (χ3v) is 6.83. The molecule has 34 heavy (non-hydrogen) atoms. The molecule has 0 unspecified atom stereocenters. The molecule has 0 fully saturated rings. The van der Waals surface area contributed by atoms with E-state index in [2.05, 4.69) is 36.3 Å². The fourth-order valence-electron chi connectivity index (χ4n) is 5.07. The van der Waals surface area contributed by atoms with Crippen molar-refractivity contribution in [1.82, 2.24) is 0 Å². The summed E-state index contributed by atoms with van der Waals surface area (Å²) < 4.78 is 0. The van der Waals surface area contributed by atoms with E-state index in [1.807, 2.05) is 18.2 Å². The maximum Gasteiger partial charge on any atom is 0.255 e. The minimum atomic E-state index is -0.178. The monoisotopic (exact) mass is 457 g/mol. The highest BCUT2D eigenvalue weighted by molar-refractivity contribution is 6.09. The van der Waals surface area contributed by atoms with E-state index in [1.54, 1.807) is 12.1 Å². The van der Waals surface area contributed by atoms with Gasteiger partial charge in [-0.05, 0) is 80.0 Å². The molecule has 1 heterocycles. The number of amides is 1. The van der Waals surface area contributed by atoms with Gasteiger partial charge >= 0.3 is 0 Å². The number of aryl methyl sites for hydroxylation is 2. The number of anilines is 1. The summed E-state index contributed by atoms with van der Waals surface area (Å²) in [5.74, 6) is 0.418. The van der Waals surface area contributed by atoms with E-state index in [0.29, 0.717) is 29.1 Å². The van der Waals surface area contributed by atoms with Gasteiger partial charge in [-0.1, -0.05) is 38.8 Å². The lowest BCUT2D eigenvalue weighted by molar-refractivity contribution is -0.119. The highest BCUT2D eigenvalue weighted by Gasteiger charge is 2.23. The smallest absolute Gasteiger partial charge is 0.255 e. The second-order valence-electron chi connectivity index (χ2n) is 9.51. The highest BCUT2D eigenvalue weighted by atomic mass is 16.1. The van der Waals surface area contributed by atoms with Gasteiger partial charge in [-0.3, -0.25) is 9.59 Å². The standard InChI is InChI=1S/C29H35N3O2/c1-3-7-20(8-4-2)28(33)24-15-22-11-12-23(17-26(22)32-27(30)18-24)29(34)31-25-14-13-19-9-5-6-10-21(19)16-25/h11-17,20H,3-10,18H2,1-2H3,(H2,30,32)(H,31,34). The van der Waals surface area contributed by atoms with Crippen LogP contribution in [0.3, 0.4) is 0 Å². The Morgan fingerprint density at radius 2 is 1.74 bits per heavy atom. The summed E-state index contributed by atoms with van der Waals surface area (Å²) in [6.45, 7) is 4.22. The van der Waals surface area contributed by atoms with Gasteiger partial charge in [-0.15, -0.1) is 0 Å². The predicted octanol–water partition coefficient (Wildman–Crippen LogP) is 6.38. The van der Waals surface area contributed by atoms with Crippen molar-refractivity contribution < 1.29 is 9.59 Å². The molecular weight excluding hydrogens is 422 g/mol. The van der Waals surface area contributed by atoms with Crippen LogP contribution in [0.1, 0.15) is 85.8 Å². The molecule has 0 saturated heterocycles. The second-order valence-corrected chi connectivity index (χ2v) is 9.51. The zero-order valence-electron chi connectivity index (χ0n) is 20.3. The van der Waals surface area contributed by atoms with E-state index in [4.69, 9.17) is 5.73 Å². The van der Waals surface area contributed by atoms with E-state index in [9.17, 15) is 9.59 Å². The molecule has 0 saturated carbocycles.